The van der Waals surface area contributed by atoms with Crippen LogP contribution in [-0.4, -0.2) is 0 Å². The van der Waals surface area contributed by atoms with E-state index in [9.17, 15) is 5.26 Å². The molecule has 1 unspecified atom stereocenters. The van der Waals surface area contributed by atoms with Crippen LogP contribution in [0.4, 0.5) is 0 Å². The molecule has 0 saturated heterocycles. The van der Waals surface area contributed by atoms with E-state index in [-0.39, 0.29) is 11.5 Å². The van der Waals surface area contributed by atoms with Gasteiger partial charge in [-0.1, -0.05) is 43.5 Å². The van der Waals surface area contributed by atoms with E-state index < -0.39 is 0 Å². The molecule has 0 aliphatic heterocycles. The van der Waals surface area contributed by atoms with Crippen LogP contribution in [0.15, 0.2) is 24.3 Å². The molecule has 2 saturated carbocycles. The number of benzene rings is 1. The lowest BCUT2D eigenvalue weighted by Gasteiger charge is -2.23. The molecule has 0 heterocycles. The molecule has 19 heavy (non-hydrogen) atoms. The van der Waals surface area contributed by atoms with Crippen LogP contribution in [0.5, 0.6) is 0 Å². The second kappa shape index (κ2) is 4.98. The summed E-state index contributed by atoms with van der Waals surface area (Å²) in [5.41, 5.74) is 8.56. The Hall–Kier alpha value is -1.33. The summed E-state index contributed by atoms with van der Waals surface area (Å²) in [4.78, 5) is 0. The summed E-state index contributed by atoms with van der Waals surface area (Å²) in [5.74, 6) is 0.741. The molecule has 2 fully saturated rings. The van der Waals surface area contributed by atoms with E-state index in [1.165, 1.54) is 37.7 Å². The van der Waals surface area contributed by atoms with E-state index in [4.69, 9.17) is 5.73 Å². The summed E-state index contributed by atoms with van der Waals surface area (Å²) in [6.45, 7) is 0. The number of nitrogens with zero attached hydrogens (tertiary/aromatic N) is 1. The van der Waals surface area contributed by atoms with Crippen molar-refractivity contribution in [2.75, 3.05) is 0 Å². The van der Waals surface area contributed by atoms with Crippen LogP contribution in [0, 0.1) is 16.7 Å². The zero-order chi connectivity index (χ0) is 13.3. The minimum Gasteiger partial charge on any atom is -0.323 e. The molecule has 3 rings (SSSR count). The first-order valence-corrected chi connectivity index (χ1v) is 7.52. The van der Waals surface area contributed by atoms with Crippen molar-refractivity contribution < 1.29 is 0 Å². The molecule has 2 aliphatic rings. The van der Waals surface area contributed by atoms with Crippen LogP contribution >= 0.6 is 0 Å². The standard InChI is InChI=1S/C17H22N2/c18-12-17(10-11-17)16(19)15-8-6-14(7-9-15)13-4-2-1-3-5-13/h6-9,13,16H,1-5,10-11,19H2. The zero-order valence-corrected chi connectivity index (χ0v) is 11.4. The normalized spacial score (nSPS) is 23.6. The van der Waals surface area contributed by atoms with E-state index >= 15 is 0 Å². The summed E-state index contributed by atoms with van der Waals surface area (Å²) < 4.78 is 0. The van der Waals surface area contributed by atoms with Gasteiger partial charge in [0.05, 0.1) is 11.5 Å². The van der Waals surface area contributed by atoms with Gasteiger partial charge in [-0.2, -0.15) is 5.26 Å². The molecule has 2 heteroatoms. The Balaban J connectivity index is 1.74. The van der Waals surface area contributed by atoms with Crippen molar-refractivity contribution in [1.29, 1.82) is 5.26 Å². The van der Waals surface area contributed by atoms with Crippen molar-refractivity contribution in [2.24, 2.45) is 11.1 Å². The van der Waals surface area contributed by atoms with Gasteiger partial charge in [0, 0.05) is 6.04 Å². The predicted octanol–water partition coefficient (Wildman–Crippen LogP) is 4.04. The average Bonchev–Trinajstić information content (AvgIpc) is 3.29. The van der Waals surface area contributed by atoms with E-state index in [0.29, 0.717) is 0 Å². The molecule has 2 N–H and O–H groups in total. The Morgan fingerprint density at radius 1 is 1.11 bits per heavy atom. The van der Waals surface area contributed by atoms with E-state index in [2.05, 4.69) is 30.3 Å². The highest BCUT2D eigenvalue weighted by atomic mass is 14.7. The van der Waals surface area contributed by atoms with Gasteiger partial charge in [0.2, 0.25) is 0 Å². The Morgan fingerprint density at radius 3 is 2.26 bits per heavy atom. The smallest absolute Gasteiger partial charge is 0.0767 e. The molecule has 100 valence electrons. The molecule has 2 nitrogen and oxygen atoms in total. The third-order valence-corrected chi connectivity index (χ3v) is 4.98. The Labute approximate surface area is 115 Å². The summed E-state index contributed by atoms with van der Waals surface area (Å²) in [5, 5.41) is 9.22. The highest BCUT2D eigenvalue weighted by Crippen LogP contribution is 2.53. The monoisotopic (exact) mass is 254 g/mol. The van der Waals surface area contributed by atoms with E-state index in [1.807, 2.05) is 0 Å². The predicted molar refractivity (Wildman–Crippen MR) is 76.5 cm³/mol. The molecular formula is C17H22N2. The molecule has 2 aliphatic carbocycles. The van der Waals surface area contributed by atoms with Crippen LogP contribution in [0.2, 0.25) is 0 Å². The van der Waals surface area contributed by atoms with Gasteiger partial charge in [-0.25, -0.2) is 0 Å². The van der Waals surface area contributed by atoms with Gasteiger partial charge in [0.15, 0.2) is 0 Å². The lowest BCUT2D eigenvalue weighted by Crippen LogP contribution is -2.21. The Bertz CT molecular complexity index is 473. The van der Waals surface area contributed by atoms with Gasteiger partial charge in [-0.3, -0.25) is 0 Å². The highest BCUT2D eigenvalue weighted by Gasteiger charge is 2.49. The number of rotatable bonds is 3. The fraction of sp³-hybridized carbons (Fsp3) is 0.588. The lowest BCUT2D eigenvalue weighted by atomic mass is 9.83. The van der Waals surface area contributed by atoms with Crippen LogP contribution < -0.4 is 5.73 Å². The summed E-state index contributed by atoms with van der Waals surface area (Å²) >= 11 is 0. The van der Waals surface area contributed by atoms with Gasteiger partial charge >= 0.3 is 0 Å². The van der Waals surface area contributed by atoms with Gasteiger partial charge in [0.25, 0.3) is 0 Å². The topological polar surface area (TPSA) is 49.8 Å². The highest BCUT2D eigenvalue weighted by molar-refractivity contribution is 5.32. The van der Waals surface area contributed by atoms with Gasteiger partial charge < -0.3 is 5.73 Å². The number of nitrogens with two attached hydrogens (primary N) is 1. The quantitative estimate of drug-likeness (QED) is 0.885. The van der Waals surface area contributed by atoms with Crippen molar-refractivity contribution in [3.05, 3.63) is 35.4 Å². The average molecular weight is 254 g/mol. The summed E-state index contributed by atoms with van der Waals surface area (Å²) in [7, 11) is 0. The molecule has 1 aromatic rings. The van der Waals surface area contributed by atoms with Crippen molar-refractivity contribution in [3.8, 4) is 6.07 Å². The molecule has 1 aromatic carbocycles. The summed E-state index contributed by atoms with van der Waals surface area (Å²) in [6.07, 6.45) is 8.68. The lowest BCUT2D eigenvalue weighted by molar-refractivity contribution is 0.443. The molecular weight excluding hydrogens is 232 g/mol. The Kier molecular flexibility index (Phi) is 3.33. The molecule has 0 amide bonds. The zero-order valence-electron chi connectivity index (χ0n) is 11.4. The third-order valence-electron chi connectivity index (χ3n) is 4.98. The first kappa shape index (κ1) is 12.7. The van der Waals surface area contributed by atoms with E-state index in [0.717, 1.165) is 24.3 Å². The fourth-order valence-corrected chi connectivity index (χ4v) is 3.36. The maximum Gasteiger partial charge on any atom is 0.0767 e. The van der Waals surface area contributed by atoms with Gasteiger partial charge in [-0.15, -0.1) is 0 Å². The van der Waals surface area contributed by atoms with Gasteiger partial charge in [0.1, 0.15) is 0 Å². The third kappa shape index (κ3) is 2.40. The molecule has 0 bridgehead atoms. The minimum atomic E-state index is -0.271. The van der Waals surface area contributed by atoms with Crippen molar-refractivity contribution in [1.82, 2.24) is 0 Å². The molecule has 1 atom stereocenters. The minimum absolute atomic E-state index is 0.113. The fourth-order valence-electron chi connectivity index (χ4n) is 3.36. The molecule has 0 aromatic heterocycles. The second-order valence-electron chi connectivity index (χ2n) is 6.25. The first-order valence-electron chi connectivity index (χ1n) is 7.52. The first-order chi connectivity index (χ1) is 9.25. The van der Waals surface area contributed by atoms with Crippen LogP contribution in [0.25, 0.3) is 0 Å². The van der Waals surface area contributed by atoms with Crippen LogP contribution in [0.1, 0.15) is 68.0 Å². The van der Waals surface area contributed by atoms with Crippen molar-refractivity contribution in [3.63, 3.8) is 0 Å². The maximum atomic E-state index is 9.22. The number of hydrogen-bond donors (Lipinski definition) is 1. The molecule has 0 radical (unpaired) electrons. The number of hydrogen-bond acceptors (Lipinski definition) is 2. The van der Waals surface area contributed by atoms with E-state index in [1.54, 1.807) is 0 Å². The van der Waals surface area contributed by atoms with Gasteiger partial charge in [-0.05, 0) is 42.7 Å². The largest absolute Gasteiger partial charge is 0.323 e. The SMILES string of the molecule is N#CC1(C(N)c2ccc(C3CCCCC3)cc2)CC1. The van der Waals surface area contributed by atoms with Crippen molar-refractivity contribution >= 4 is 0 Å². The Morgan fingerprint density at radius 2 is 1.74 bits per heavy atom. The second-order valence-corrected chi connectivity index (χ2v) is 6.25. The van der Waals surface area contributed by atoms with Crippen molar-refractivity contribution in [2.45, 2.75) is 56.9 Å². The maximum absolute atomic E-state index is 9.22. The number of nitriles is 1. The summed E-state index contributed by atoms with van der Waals surface area (Å²) in [6, 6.07) is 11.0. The van der Waals surface area contributed by atoms with Crippen LogP contribution in [0.3, 0.4) is 0 Å². The van der Waals surface area contributed by atoms with Crippen LogP contribution in [-0.2, 0) is 0 Å². The molecule has 0 spiro atoms.